The number of carbonyl (C=O) groups excluding carboxylic acids is 1. The highest BCUT2D eigenvalue weighted by atomic mass is 16.1. The maximum Gasteiger partial charge on any atom is 0.257 e. The predicted molar refractivity (Wildman–Crippen MR) is 75.9 cm³/mol. The summed E-state index contributed by atoms with van der Waals surface area (Å²) in [4.78, 5) is 16.1. The van der Waals surface area contributed by atoms with E-state index in [4.69, 9.17) is 5.84 Å². The number of nitrogens with zero attached hydrogens (tertiary/aromatic N) is 1. The van der Waals surface area contributed by atoms with Gasteiger partial charge in [-0.2, -0.15) is 0 Å². The third-order valence-electron chi connectivity index (χ3n) is 2.89. The summed E-state index contributed by atoms with van der Waals surface area (Å²) in [5.74, 6) is 5.56. The largest absolute Gasteiger partial charge is 0.321 e. The second-order valence-corrected chi connectivity index (χ2v) is 4.30. The number of hydrogen-bond donors (Lipinski definition) is 3. The molecule has 0 fully saturated rings. The minimum Gasteiger partial charge on any atom is -0.321 e. The standard InChI is InChI=1S/C14H16N4O/c1-9-4-3-5-10(2)13(9)17-14(19)11-6-7-12(18-15)16-8-11/h3-8H,15H2,1-2H3,(H,16,18)(H,17,19). The number of hydrogen-bond acceptors (Lipinski definition) is 4. The van der Waals surface area contributed by atoms with Gasteiger partial charge in [0.2, 0.25) is 0 Å². The number of nitrogens with one attached hydrogen (secondary N) is 2. The highest BCUT2D eigenvalue weighted by molar-refractivity contribution is 6.04. The van der Waals surface area contributed by atoms with E-state index < -0.39 is 0 Å². The van der Waals surface area contributed by atoms with E-state index in [-0.39, 0.29) is 5.91 Å². The molecule has 1 amide bonds. The zero-order chi connectivity index (χ0) is 13.8. The van der Waals surface area contributed by atoms with Crippen LogP contribution in [0.5, 0.6) is 0 Å². The van der Waals surface area contributed by atoms with Gasteiger partial charge in [-0.25, -0.2) is 10.8 Å². The van der Waals surface area contributed by atoms with Crippen molar-refractivity contribution >= 4 is 17.4 Å². The van der Waals surface area contributed by atoms with E-state index in [0.717, 1.165) is 16.8 Å². The average molecular weight is 256 g/mol. The number of aryl methyl sites for hydroxylation is 2. The maximum absolute atomic E-state index is 12.1. The molecule has 1 aromatic carbocycles. The van der Waals surface area contributed by atoms with E-state index in [9.17, 15) is 4.79 Å². The van der Waals surface area contributed by atoms with Gasteiger partial charge in [-0.15, -0.1) is 0 Å². The molecule has 2 aromatic rings. The zero-order valence-corrected chi connectivity index (χ0v) is 10.9. The first-order chi connectivity index (χ1) is 9.11. The molecular weight excluding hydrogens is 240 g/mol. The van der Waals surface area contributed by atoms with Crippen molar-refractivity contribution in [2.75, 3.05) is 10.7 Å². The zero-order valence-electron chi connectivity index (χ0n) is 10.9. The van der Waals surface area contributed by atoms with Crippen molar-refractivity contribution in [3.63, 3.8) is 0 Å². The van der Waals surface area contributed by atoms with Crippen LogP contribution in [0, 0.1) is 13.8 Å². The molecule has 0 saturated carbocycles. The lowest BCUT2D eigenvalue weighted by atomic mass is 10.1. The number of pyridine rings is 1. The SMILES string of the molecule is Cc1cccc(C)c1NC(=O)c1ccc(NN)nc1. The molecular formula is C14H16N4O. The van der Waals surface area contributed by atoms with Crippen molar-refractivity contribution in [2.45, 2.75) is 13.8 Å². The van der Waals surface area contributed by atoms with E-state index in [1.165, 1.54) is 6.20 Å². The van der Waals surface area contributed by atoms with Gasteiger partial charge in [0.05, 0.1) is 5.56 Å². The fourth-order valence-corrected chi connectivity index (χ4v) is 1.81. The average Bonchev–Trinajstić information content (AvgIpc) is 2.43. The number of anilines is 2. The molecule has 0 saturated heterocycles. The van der Waals surface area contributed by atoms with Gasteiger partial charge < -0.3 is 10.7 Å². The molecule has 2 rings (SSSR count). The molecule has 98 valence electrons. The normalized spacial score (nSPS) is 10.1. The van der Waals surface area contributed by atoms with Crippen LogP contribution in [0.3, 0.4) is 0 Å². The first kappa shape index (κ1) is 13.0. The van der Waals surface area contributed by atoms with E-state index in [1.807, 2.05) is 32.0 Å². The summed E-state index contributed by atoms with van der Waals surface area (Å²) >= 11 is 0. The molecule has 0 aliphatic carbocycles. The number of aromatic nitrogens is 1. The molecule has 0 radical (unpaired) electrons. The minimum absolute atomic E-state index is 0.187. The van der Waals surface area contributed by atoms with Gasteiger partial charge in [-0.1, -0.05) is 18.2 Å². The summed E-state index contributed by atoms with van der Waals surface area (Å²) in [6, 6.07) is 9.21. The van der Waals surface area contributed by atoms with Crippen LogP contribution in [0.1, 0.15) is 21.5 Å². The van der Waals surface area contributed by atoms with Gasteiger partial charge in [-0.3, -0.25) is 4.79 Å². The van der Waals surface area contributed by atoms with Crippen molar-refractivity contribution in [1.82, 2.24) is 4.98 Å². The molecule has 0 aliphatic rings. The Balaban J connectivity index is 2.20. The Bertz CT molecular complexity index is 573. The number of amides is 1. The van der Waals surface area contributed by atoms with Gasteiger partial charge >= 0.3 is 0 Å². The third-order valence-corrected chi connectivity index (χ3v) is 2.89. The van der Waals surface area contributed by atoms with Crippen LogP contribution < -0.4 is 16.6 Å². The number of nitrogens with two attached hydrogens (primary N) is 1. The molecule has 4 N–H and O–H groups in total. The number of hydrazine groups is 1. The summed E-state index contributed by atoms with van der Waals surface area (Å²) in [5, 5.41) is 2.90. The molecule has 0 aliphatic heterocycles. The summed E-state index contributed by atoms with van der Waals surface area (Å²) in [5.41, 5.74) is 5.81. The third kappa shape index (κ3) is 2.89. The Morgan fingerprint density at radius 1 is 1.16 bits per heavy atom. The molecule has 0 atom stereocenters. The van der Waals surface area contributed by atoms with Gasteiger partial charge in [-0.05, 0) is 37.1 Å². The molecule has 0 bridgehead atoms. The lowest BCUT2D eigenvalue weighted by molar-refractivity contribution is 0.102. The Morgan fingerprint density at radius 3 is 2.37 bits per heavy atom. The molecule has 0 spiro atoms. The fourth-order valence-electron chi connectivity index (χ4n) is 1.81. The number of carbonyl (C=O) groups is 1. The lowest BCUT2D eigenvalue weighted by Gasteiger charge is -2.11. The van der Waals surface area contributed by atoms with Crippen molar-refractivity contribution in [3.05, 3.63) is 53.2 Å². The van der Waals surface area contributed by atoms with E-state index in [2.05, 4.69) is 15.7 Å². The first-order valence-electron chi connectivity index (χ1n) is 5.92. The first-order valence-corrected chi connectivity index (χ1v) is 5.92. The maximum atomic E-state index is 12.1. The topological polar surface area (TPSA) is 80.0 Å². The van der Waals surface area contributed by atoms with Crippen LogP contribution in [0.25, 0.3) is 0 Å². The molecule has 5 heteroatoms. The highest BCUT2D eigenvalue weighted by Gasteiger charge is 2.09. The smallest absolute Gasteiger partial charge is 0.257 e. The summed E-state index contributed by atoms with van der Waals surface area (Å²) in [6.07, 6.45) is 1.48. The molecule has 1 aromatic heterocycles. The van der Waals surface area contributed by atoms with Crippen LogP contribution >= 0.6 is 0 Å². The molecule has 1 heterocycles. The number of benzene rings is 1. The van der Waals surface area contributed by atoms with E-state index in [1.54, 1.807) is 12.1 Å². The summed E-state index contributed by atoms with van der Waals surface area (Å²) in [7, 11) is 0. The van der Waals surface area contributed by atoms with Crippen molar-refractivity contribution < 1.29 is 4.79 Å². The van der Waals surface area contributed by atoms with E-state index >= 15 is 0 Å². The van der Waals surface area contributed by atoms with E-state index in [0.29, 0.717) is 11.4 Å². The van der Waals surface area contributed by atoms with Gasteiger partial charge in [0, 0.05) is 11.9 Å². The van der Waals surface area contributed by atoms with Gasteiger partial charge in [0.15, 0.2) is 0 Å². The summed E-state index contributed by atoms with van der Waals surface area (Å²) in [6.45, 7) is 3.92. The minimum atomic E-state index is -0.187. The predicted octanol–water partition coefficient (Wildman–Crippen LogP) is 2.24. The van der Waals surface area contributed by atoms with Gasteiger partial charge in [0.1, 0.15) is 5.82 Å². The number of para-hydroxylation sites is 1. The van der Waals surface area contributed by atoms with Crippen LogP contribution in [0.2, 0.25) is 0 Å². The Labute approximate surface area is 111 Å². The molecule has 19 heavy (non-hydrogen) atoms. The Kier molecular flexibility index (Phi) is 3.77. The van der Waals surface area contributed by atoms with Crippen LogP contribution in [-0.2, 0) is 0 Å². The van der Waals surface area contributed by atoms with Crippen LogP contribution in [-0.4, -0.2) is 10.9 Å². The van der Waals surface area contributed by atoms with Crippen molar-refractivity contribution in [2.24, 2.45) is 5.84 Å². The van der Waals surface area contributed by atoms with Gasteiger partial charge in [0.25, 0.3) is 5.91 Å². The number of rotatable bonds is 3. The quantitative estimate of drug-likeness (QED) is 0.581. The monoisotopic (exact) mass is 256 g/mol. The Morgan fingerprint density at radius 2 is 1.84 bits per heavy atom. The fraction of sp³-hybridized carbons (Fsp3) is 0.143. The number of nitrogen functional groups attached to an aromatic ring is 1. The molecule has 5 nitrogen and oxygen atoms in total. The second kappa shape index (κ2) is 5.49. The highest BCUT2D eigenvalue weighted by Crippen LogP contribution is 2.20. The molecule has 0 unspecified atom stereocenters. The Hall–Kier alpha value is -2.40. The van der Waals surface area contributed by atoms with Crippen molar-refractivity contribution in [3.8, 4) is 0 Å². The lowest BCUT2D eigenvalue weighted by Crippen LogP contribution is -2.15. The second-order valence-electron chi connectivity index (χ2n) is 4.30. The van der Waals surface area contributed by atoms with Crippen LogP contribution in [0.15, 0.2) is 36.5 Å². The van der Waals surface area contributed by atoms with Crippen molar-refractivity contribution in [1.29, 1.82) is 0 Å². The van der Waals surface area contributed by atoms with Crippen LogP contribution in [0.4, 0.5) is 11.5 Å². The summed E-state index contributed by atoms with van der Waals surface area (Å²) < 4.78 is 0.